The van der Waals surface area contributed by atoms with Crippen LogP contribution in [-0.4, -0.2) is 55.3 Å². The van der Waals surface area contributed by atoms with Gasteiger partial charge < -0.3 is 19.8 Å². The Labute approximate surface area is 150 Å². The molecule has 2 aliphatic rings. The molecule has 8 nitrogen and oxygen atoms in total. The number of ether oxygens (including phenoxy) is 1. The van der Waals surface area contributed by atoms with Crippen molar-refractivity contribution in [3.63, 3.8) is 0 Å². The lowest BCUT2D eigenvalue weighted by Gasteiger charge is -2.40. The molecule has 0 spiro atoms. The average Bonchev–Trinajstić information content (AvgIpc) is 3.12. The quantitative estimate of drug-likeness (QED) is 0.750. The highest BCUT2D eigenvalue weighted by molar-refractivity contribution is 6.00. The van der Waals surface area contributed by atoms with E-state index in [1.54, 1.807) is 6.26 Å². The fraction of sp³-hybridized carbons (Fsp3) is 0.444. The van der Waals surface area contributed by atoms with Crippen LogP contribution in [0.25, 0.3) is 11.0 Å². The molecule has 3 N–H and O–H groups in total. The number of rotatable bonds is 4. The van der Waals surface area contributed by atoms with Crippen molar-refractivity contribution >= 4 is 28.5 Å². The Morgan fingerprint density at radius 1 is 1.27 bits per heavy atom. The zero-order valence-electron chi connectivity index (χ0n) is 14.4. The summed E-state index contributed by atoms with van der Waals surface area (Å²) in [5.41, 5.74) is 1.42. The number of hydrogen-bond donors (Lipinski definition) is 3. The van der Waals surface area contributed by atoms with Crippen LogP contribution in [0.5, 0.6) is 0 Å². The van der Waals surface area contributed by atoms with Gasteiger partial charge in [0, 0.05) is 18.5 Å². The van der Waals surface area contributed by atoms with E-state index in [2.05, 4.69) is 20.9 Å². The van der Waals surface area contributed by atoms with Crippen LogP contribution in [0.15, 0.2) is 34.9 Å². The summed E-state index contributed by atoms with van der Waals surface area (Å²) in [7, 11) is 0. The van der Waals surface area contributed by atoms with Crippen molar-refractivity contribution in [2.45, 2.75) is 25.2 Å². The number of morpholine rings is 1. The maximum Gasteiger partial charge on any atom is 0.227 e. The summed E-state index contributed by atoms with van der Waals surface area (Å²) in [6, 6.07) is 7.33. The summed E-state index contributed by atoms with van der Waals surface area (Å²) in [4.78, 5) is 26.7. The maximum absolute atomic E-state index is 12.5. The smallest absolute Gasteiger partial charge is 0.227 e. The summed E-state index contributed by atoms with van der Waals surface area (Å²) >= 11 is 0. The third kappa shape index (κ3) is 3.72. The van der Waals surface area contributed by atoms with Gasteiger partial charge in [-0.1, -0.05) is 6.07 Å². The van der Waals surface area contributed by atoms with E-state index in [0.29, 0.717) is 25.3 Å². The molecule has 0 saturated carbocycles. The van der Waals surface area contributed by atoms with Crippen LogP contribution < -0.4 is 16.0 Å². The van der Waals surface area contributed by atoms with E-state index in [-0.39, 0.29) is 24.4 Å². The molecule has 2 fully saturated rings. The first kappa shape index (κ1) is 17.0. The topological polar surface area (TPSA) is 95.8 Å². The standard InChI is InChI=1S/C18H22N4O4/c23-17(19-13-2-1-3-14-12(13)4-7-26-14)10-15-20-16(11-18(24)21-15)22-5-8-25-9-6-22/h1-4,7,15-16,20H,5-6,8-11H2,(H,19,23)(H,21,24). The van der Waals surface area contributed by atoms with Gasteiger partial charge in [-0.25, -0.2) is 0 Å². The molecule has 138 valence electrons. The second kappa shape index (κ2) is 7.45. The largest absolute Gasteiger partial charge is 0.464 e. The van der Waals surface area contributed by atoms with Gasteiger partial charge in [-0.05, 0) is 18.2 Å². The number of furan rings is 1. The molecular weight excluding hydrogens is 336 g/mol. The first-order valence-corrected chi connectivity index (χ1v) is 8.82. The Balaban J connectivity index is 1.38. The minimum absolute atomic E-state index is 0.0463. The van der Waals surface area contributed by atoms with Crippen LogP contribution in [0, 0.1) is 0 Å². The lowest BCUT2D eigenvalue weighted by Crippen LogP contribution is -2.63. The molecule has 3 heterocycles. The van der Waals surface area contributed by atoms with Gasteiger partial charge in [0.15, 0.2) is 0 Å². The molecule has 0 radical (unpaired) electrons. The highest BCUT2D eigenvalue weighted by Crippen LogP contribution is 2.24. The molecule has 2 saturated heterocycles. The number of carbonyl (C=O) groups is 2. The number of hydrogen-bond acceptors (Lipinski definition) is 6. The van der Waals surface area contributed by atoms with Crippen LogP contribution in [0.3, 0.4) is 0 Å². The van der Waals surface area contributed by atoms with E-state index in [1.807, 2.05) is 24.3 Å². The SMILES string of the molecule is O=C(CC1NC(=O)CC(N2CCOCC2)N1)Nc1cccc2occc12. The average molecular weight is 358 g/mol. The number of anilines is 1. The number of carbonyl (C=O) groups excluding carboxylic acids is 2. The number of amides is 2. The number of fused-ring (bicyclic) bond motifs is 1. The summed E-state index contributed by atoms with van der Waals surface area (Å²) < 4.78 is 10.7. The first-order chi connectivity index (χ1) is 12.7. The highest BCUT2D eigenvalue weighted by atomic mass is 16.5. The van der Waals surface area contributed by atoms with Crippen LogP contribution in [0.2, 0.25) is 0 Å². The van der Waals surface area contributed by atoms with Gasteiger partial charge in [0.25, 0.3) is 0 Å². The predicted octanol–water partition coefficient (Wildman–Crippen LogP) is 0.855. The van der Waals surface area contributed by atoms with Gasteiger partial charge in [0.2, 0.25) is 11.8 Å². The van der Waals surface area contributed by atoms with E-state index < -0.39 is 6.17 Å². The third-order valence-corrected chi connectivity index (χ3v) is 4.75. The lowest BCUT2D eigenvalue weighted by atomic mass is 10.1. The normalized spacial score (nSPS) is 24.4. The molecule has 0 aliphatic carbocycles. The summed E-state index contributed by atoms with van der Waals surface area (Å²) in [5, 5.41) is 9.97. The van der Waals surface area contributed by atoms with Crippen molar-refractivity contribution in [3.8, 4) is 0 Å². The van der Waals surface area contributed by atoms with E-state index in [4.69, 9.17) is 9.15 Å². The molecule has 2 amide bonds. The van der Waals surface area contributed by atoms with Crippen molar-refractivity contribution in [2.75, 3.05) is 31.6 Å². The van der Waals surface area contributed by atoms with Gasteiger partial charge in [0.1, 0.15) is 5.58 Å². The minimum atomic E-state index is -0.396. The lowest BCUT2D eigenvalue weighted by molar-refractivity contribution is -0.128. The predicted molar refractivity (Wildman–Crippen MR) is 95.3 cm³/mol. The summed E-state index contributed by atoms with van der Waals surface area (Å²) in [6.45, 7) is 2.90. The molecular formula is C18H22N4O4. The molecule has 8 heteroatoms. The molecule has 2 aliphatic heterocycles. The Morgan fingerprint density at radius 2 is 2.12 bits per heavy atom. The maximum atomic E-state index is 12.5. The van der Waals surface area contributed by atoms with E-state index in [1.165, 1.54) is 0 Å². The van der Waals surface area contributed by atoms with Gasteiger partial charge in [0.05, 0.1) is 50.3 Å². The zero-order valence-corrected chi connectivity index (χ0v) is 14.4. The van der Waals surface area contributed by atoms with Gasteiger partial charge in [-0.3, -0.25) is 19.8 Å². The molecule has 1 aromatic carbocycles. The molecule has 26 heavy (non-hydrogen) atoms. The van der Waals surface area contributed by atoms with Crippen molar-refractivity contribution in [1.29, 1.82) is 0 Å². The number of nitrogens with zero attached hydrogens (tertiary/aromatic N) is 1. The van der Waals surface area contributed by atoms with E-state index in [9.17, 15) is 9.59 Å². The summed E-state index contributed by atoms with van der Waals surface area (Å²) in [6.07, 6.45) is 1.67. The van der Waals surface area contributed by atoms with Crippen LogP contribution in [0.4, 0.5) is 5.69 Å². The van der Waals surface area contributed by atoms with E-state index in [0.717, 1.165) is 24.1 Å². The Kier molecular flexibility index (Phi) is 4.87. The number of nitrogens with one attached hydrogen (secondary N) is 3. The fourth-order valence-corrected chi connectivity index (χ4v) is 3.48. The zero-order chi connectivity index (χ0) is 17.9. The third-order valence-electron chi connectivity index (χ3n) is 4.75. The van der Waals surface area contributed by atoms with Crippen molar-refractivity contribution < 1.29 is 18.7 Å². The van der Waals surface area contributed by atoms with Crippen molar-refractivity contribution in [3.05, 3.63) is 30.5 Å². The first-order valence-electron chi connectivity index (χ1n) is 8.82. The van der Waals surface area contributed by atoms with Crippen molar-refractivity contribution in [2.24, 2.45) is 0 Å². The molecule has 1 aromatic heterocycles. The summed E-state index contributed by atoms with van der Waals surface area (Å²) in [5.74, 6) is -0.214. The molecule has 0 bridgehead atoms. The van der Waals surface area contributed by atoms with Gasteiger partial charge >= 0.3 is 0 Å². The monoisotopic (exact) mass is 358 g/mol. The minimum Gasteiger partial charge on any atom is -0.464 e. The molecule has 2 aromatic rings. The van der Waals surface area contributed by atoms with Gasteiger partial charge in [-0.15, -0.1) is 0 Å². The van der Waals surface area contributed by atoms with Crippen LogP contribution in [-0.2, 0) is 14.3 Å². The van der Waals surface area contributed by atoms with Crippen molar-refractivity contribution in [1.82, 2.24) is 15.5 Å². The van der Waals surface area contributed by atoms with Crippen LogP contribution >= 0.6 is 0 Å². The molecule has 2 atom stereocenters. The molecule has 2 unspecified atom stereocenters. The Bertz CT molecular complexity index is 799. The van der Waals surface area contributed by atoms with Gasteiger partial charge in [-0.2, -0.15) is 0 Å². The highest BCUT2D eigenvalue weighted by Gasteiger charge is 2.31. The Hall–Kier alpha value is -2.42. The second-order valence-corrected chi connectivity index (χ2v) is 6.55. The molecule has 4 rings (SSSR count). The van der Waals surface area contributed by atoms with Crippen LogP contribution in [0.1, 0.15) is 12.8 Å². The van der Waals surface area contributed by atoms with E-state index >= 15 is 0 Å². The second-order valence-electron chi connectivity index (χ2n) is 6.55. The number of benzene rings is 1. The fourth-order valence-electron chi connectivity index (χ4n) is 3.48. The Morgan fingerprint density at radius 3 is 2.96 bits per heavy atom.